The molecule has 0 saturated carbocycles. The minimum absolute atomic E-state index is 0.334. The Morgan fingerprint density at radius 2 is 1.05 bits per heavy atom. The summed E-state index contributed by atoms with van der Waals surface area (Å²) in [6.45, 7) is 4.06. The number of nitrogens with zero attached hydrogens (tertiary/aromatic N) is 4. The van der Waals surface area contributed by atoms with Crippen molar-refractivity contribution in [3.8, 4) is 0 Å². The van der Waals surface area contributed by atoms with E-state index in [2.05, 4.69) is 19.8 Å². The third-order valence-electron chi connectivity index (χ3n) is 4.23. The molecule has 0 spiro atoms. The van der Waals surface area contributed by atoms with Crippen LogP contribution < -0.4 is 21.3 Å². The normalized spacial score (nSPS) is 20.2. The molecule has 6 nitrogen and oxygen atoms in total. The maximum absolute atomic E-state index is 6.35. The van der Waals surface area contributed by atoms with Gasteiger partial charge in [-0.05, 0) is 38.5 Å². The molecule has 0 radical (unpaired) electrons. The Morgan fingerprint density at radius 1 is 0.650 bits per heavy atom. The molecule has 2 aliphatic rings. The van der Waals surface area contributed by atoms with Gasteiger partial charge in [-0.25, -0.2) is 0 Å². The van der Waals surface area contributed by atoms with Crippen LogP contribution in [0.3, 0.4) is 0 Å². The van der Waals surface area contributed by atoms with Gasteiger partial charge in [-0.3, -0.25) is 0 Å². The molecule has 110 valence electrons. The number of anilines is 4. The van der Waals surface area contributed by atoms with E-state index in [1.165, 1.54) is 38.5 Å². The van der Waals surface area contributed by atoms with Crippen molar-refractivity contribution in [3.63, 3.8) is 0 Å². The van der Waals surface area contributed by atoms with Crippen LogP contribution in [0.4, 0.5) is 23.3 Å². The fourth-order valence-electron chi connectivity index (χ4n) is 3.16. The SMILES string of the molecule is Nc1nc(N2CCCCC2)c(N)c(N2CCCCC2)n1. The molecule has 20 heavy (non-hydrogen) atoms. The molecule has 0 atom stereocenters. The monoisotopic (exact) mass is 276 g/mol. The molecular formula is C14H24N6. The summed E-state index contributed by atoms with van der Waals surface area (Å²) in [4.78, 5) is 13.3. The van der Waals surface area contributed by atoms with Crippen LogP contribution in [0.2, 0.25) is 0 Å². The van der Waals surface area contributed by atoms with Crippen LogP contribution in [0, 0.1) is 0 Å². The van der Waals surface area contributed by atoms with Crippen molar-refractivity contribution in [3.05, 3.63) is 0 Å². The van der Waals surface area contributed by atoms with Gasteiger partial charge in [0.25, 0.3) is 0 Å². The maximum Gasteiger partial charge on any atom is 0.224 e. The Labute approximate surface area is 120 Å². The minimum Gasteiger partial charge on any atom is -0.393 e. The van der Waals surface area contributed by atoms with E-state index < -0.39 is 0 Å². The van der Waals surface area contributed by atoms with Gasteiger partial charge in [-0.2, -0.15) is 9.97 Å². The van der Waals surface area contributed by atoms with Crippen molar-refractivity contribution in [1.29, 1.82) is 0 Å². The lowest BCUT2D eigenvalue weighted by molar-refractivity contribution is 0.568. The van der Waals surface area contributed by atoms with Crippen molar-refractivity contribution in [1.82, 2.24) is 9.97 Å². The summed E-state index contributed by atoms with van der Waals surface area (Å²) < 4.78 is 0. The first-order chi connectivity index (χ1) is 9.75. The third-order valence-corrected chi connectivity index (χ3v) is 4.23. The molecule has 0 aliphatic carbocycles. The number of aromatic nitrogens is 2. The van der Waals surface area contributed by atoms with Crippen LogP contribution in [-0.2, 0) is 0 Å². The van der Waals surface area contributed by atoms with Crippen LogP contribution >= 0.6 is 0 Å². The summed E-state index contributed by atoms with van der Waals surface area (Å²) in [5, 5.41) is 0. The highest BCUT2D eigenvalue weighted by Crippen LogP contribution is 2.33. The number of hydrogen-bond acceptors (Lipinski definition) is 6. The van der Waals surface area contributed by atoms with Crippen molar-refractivity contribution in [2.24, 2.45) is 0 Å². The van der Waals surface area contributed by atoms with Crippen molar-refractivity contribution < 1.29 is 0 Å². The number of nitrogen functional groups attached to an aromatic ring is 2. The van der Waals surface area contributed by atoms with Gasteiger partial charge >= 0.3 is 0 Å². The lowest BCUT2D eigenvalue weighted by Gasteiger charge is -2.32. The van der Waals surface area contributed by atoms with Gasteiger partial charge in [-0.1, -0.05) is 0 Å². The smallest absolute Gasteiger partial charge is 0.224 e. The Bertz CT molecular complexity index is 424. The average molecular weight is 276 g/mol. The Kier molecular flexibility index (Phi) is 3.80. The van der Waals surface area contributed by atoms with Crippen molar-refractivity contribution in [2.45, 2.75) is 38.5 Å². The molecule has 2 saturated heterocycles. The third kappa shape index (κ3) is 2.59. The molecule has 0 bridgehead atoms. The summed E-state index contributed by atoms with van der Waals surface area (Å²) >= 11 is 0. The van der Waals surface area contributed by atoms with Crippen LogP contribution in [-0.4, -0.2) is 36.1 Å². The van der Waals surface area contributed by atoms with Crippen molar-refractivity contribution in [2.75, 3.05) is 47.4 Å². The maximum atomic E-state index is 6.35. The summed E-state index contributed by atoms with van der Waals surface area (Å²) in [6.07, 6.45) is 7.36. The van der Waals surface area contributed by atoms with E-state index in [-0.39, 0.29) is 0 Å². The molecule has 0 amide bonds. The van der Waals surface area contributed by atoms with E-state index in [1.54, 1.807) is 0 Å². The Balaban J connectivity index is 1.91. The van der Waals surface area contributed by atoms with Gasteiger partial charge in [0, 0.05) is 26.2 Å². The first-order valence-corrected chi connectivity index (χ1v) is 7.68. The van der Waals surface area contributed by atoms with Gasteiger partial charge in [0.1, 0.15) is 5.69 Å². The van der Waals surface area contributed by atoms with E-state index in [1.807, 2.05) is 0 Å². The van der Waals surface area contributed by atoms with E-state index in [9.17, 15) is 0 Å². The predicted octanol–water partition coefficient (Wildman–Crippen LogP) is 1.62. The number of nitrogens with two attached hydrogens (primary N) is 2. The standard InChI is InChI=1S/C14H24N6/c15-11-12(19-7-3-1-4-8-19)17-14(16)18-13(11)20-9-5-2-6-10-20/h1-10,15H2,(H2,16,17,18). The van der Waals surface area contributed by atoms with Crippen molar-refractivity contribution >= 4 is 23.3 Å². The second-order valence-corrected chi connectivity index (χ2v) is 5.74. The molecule has 2 fully saturated rings. The quantitative estimate of drug-likeness (QED) is 0.854. The van der Waals surface area contributed by atoms with E-state index >= 15 is 0 Å². The topological polar surface area (TPSA) is 84.3 Å². The molecule has 1 aromatic rings. The van der Waals surface area contributed by atoms with E-state index in [0.717, 1.165) is 37.8 Å². The Hall–Kier alpha value is -1.72. The fraction of sp³-hybridized carbons (Fsp3) is 0.714. The van der Waals surface area contributed by atoms with E-state index in [4.69, 9.17) is 11.5 Å². The lowest BCUT2D eigenvalue weighted by atomic mass is 10.1. The van der Waals surface area contributed by atoms with Crippen LogP contribution in [0.25, 0.3) is 0 Å². The van der Waals surface area contributed by atoms with Crippen LogP contribution in [0.1, 0.15) is 38.5 Å². The van der Waals surface area contributed by atoms with Gasteiger partial charge in [0.05, 0.1) is 0 Å². The molecule has 1 aromatic heterocycles. The second-order valence-electron chi connectivity index (χ2n) is 5.74. The van der Waals surface area contributed by atoms with Gasteiger partial charge in [0.15, 0.2) is 11.6 Å². The molecule has 4 N–H and O–H groups in total. The number of rotatable bonds is 2. The molecule has 2 aliphatic heterocycles. The van der Waals surface area contributed by atoms with Gasteiger partial charge in [-0.15, -0.1) is 0 Å². The summed E-state index contributed by atoms with van der Waals surface area (Å²) in [7, 11) is 0. The van der Waals surface area contributed by atoms with Crippen LogP contribution in [0.5, 0.6) is 0 Å². The van der Waals surface area contributed by atoms with Gasteiger partial charge in [0.2, 0.25) is 5.95 Å². The molecule has 6 heteroatoms. The second kappa shape index (κ2) is 5.73. The van der Waals surface area contributed by atoms with Gasteiger partial charge < -0.3 is 21.3 Å². The lowest BCUT2D eigenvalue weighted by Crippen LogP contribution is -2.34. The summed E-state index contributed by atoms with van der Waals surface area (Å²) in [6, 6.07) is 0. The zero-order valence-corrected chi connectivity index (χ0v) is 12.0. The predicted molar refractivity (Wildman–Crippen MR) is 83.0 cm³/mol. The zero-order chi connectivity index (χ0) is 13.9. The molecule has 0 unspecified atom stereocenters. The highest BCUT2D eigenvalue weighted by atomic mass is 15.3. The Morgan fingerprint density at radius 3 is 1.45 bits per heavy atom. The fourth-order valence-corrected chi connectivity index (χ4v) is 3.16. The summed E-state index contributed by atoms with van der Waals surface area (Å²) in [5.41, 5.74) is 13.0. The largest absolute Gasteiger partial charge is 0.393 e. The first-order valence-electron chi connectivity index (χ1n) is 7.68. The molecule has 3 rings (SSSR count). The highest BCUT2D eigenvalue weighted by Gasteiger charge is 2.22. The molecular weight excluding hydrogens is 252 g/mol. The first kappa shape index (κ1) is 13.3. The number of hydrogen-bond donors (Lipinski definition) is 2. The zero-order valence-electron chi connectivity index (χ0n) is 12.0. The highest BCUT2D eigenvalue weighted by molar-refractivity contribution is 5.77. The van der Waals surface area contributed by atoms with Crippen LogP contribution in [0.15, 0.2) is 0 Å². The minimum atomic E-state index is 0.334. The molecule has 0 aromatic carbocycles. The van der Waals surface area contributed by atoms with E-state index in [0.29, 0.717) is 11.6 Å². The summed E-state index contributed by atoms with van der Waals surface area (Å²) in [5.74, 6) is 2.00. The number of piperidine rings is 2. The average Bonchev–Trinajstić information content (AvgIpc) is 2.51. The molecule has 3 heterocycles.